The van der Waals surface area contributed by atoms with Crippen LogP contribution in [0.1, 0.15) is 31.8 Å². The van der Waals surface area contributed by atoms with E-state index in [0.717, 1.165) is 5.56 Å². The number of benzene rings is 3. The number of ether oxygens (including phenoxy) is 2. The number of carbonyl (C=O) groups excluding carboxylic acids is 3. The highest BCUT2D eigenvalue weighted by Crippen LogP contribution is 2.22. The largest absolute Gasteiger partial charge is 0.488 e. The van der Waals surface area contributed by atoms with E-state index in [1.54, 1.807) is 42.5 Å². The van der Waals surface area contributed by atoms with Gasteiger partial charge >= 0.3 is 5.97 Å². The summed E-state index contributed by atoms with van der Waals surface area (Å²) >= 11 is 11.7. The number of hydrogen-bond donors (Lipinski definition) is 2. The lowest BCUT2D eigenvalue weighted by atomic mass is 10.1. The molecule has 0 saturated heterocycles. The first kappa shape index (κ1) is 25.7. The summed E-state index contributed by atoms with van der Waals surface area (Å²) in [6.07, 6.45) is 1.44. The van der Waals surface area contributed by atoms with Crippen LogP contribution in [0.3, 0.4) is 0 Å². The number of nitrogens with one attached hydrogen (secondary N) is 2. The summed E-state index contributed by atoms with van der Waals surface area (Å²) in [6.45, 7) is -0.0183. The molecular formula is C25H21Cl2N3O5. The monoisotopic (exact) mass is 513 g/mol. The quantitative estimate of drug-likeness (QED) is 0.253. The number of para-hydroxylation sites is 1. The van der Waals surface area contributed by atoms with Gasteiger partial charge in [-0.15, -0.1) is 0 Å². The summed E-state index contributed by atoms with van der Waals surface area (Å²) in [7, 11) is 1.33. The molecule has 0 atom stereocenters. The third-order valence-electron chi connectivity index (χ3n) is 4.67. The molecule has 0 spiro atoms. The van der Waals surface area contributed by atoms with Gasteiger partial charge in [-0.1, -0.05) is 47.5 Å². The number of esters is 1. The minimum atomic E-state index is -0.515. The van der Waals surface area contributed by atoms with Gasteiger partial charge in [-0.3, -0.25) is 9.59 Å². The Labute approximate surface area is 211 Å². The first-order chi connectivity index (χ1) is 16.9. The molecule has 0 unspecified atom stereocenters. The molecule has 8 nitrogen and oxygen atoms in total. The smallest absolute Gasteiger partial charge is 0.337 e. The Hall–Kier alpha value is -3.88. The molecule has 0 fully saturated rings. The van der Waals surface area contributed by atoms with Crippen LogP contribution < -0.4 is 15.5 Å². The van der Waals surface area contributed by atoms with Gasteiger partial charge in [0.2, 0.25) is 0 Å². The molecule has 0 bridgehead atoms. The van der Waals surface area contributed by atoms with Gasteiger partial charge in [-0.2, -0.15) is 5.10 Å². The lowest BCUT2D eigenvalue weighted by Gasteiger charge is -2.09. The number of rotatable bonds is 9. The highest BCUT2D eigenvalue weighted by atomic mass is 35.5. The van der Waals surface area contributed by atoms with Crippen molar-refractivity contribution < 1.29 is 23.9 Å². The van der Waals surface area contributed by atoms with Gasteiger partial charge in [0, 0.05) is 11.1 Å². The summed E-state index contributed by atoms with van der Waals surface area (Å²) in [4.78, 5) is 35.7. The standard InChI is InChI=1S/C25H21Cl2N3O5/c1-34-25(33)17-8-6-16(7-9-17)15-35-22-5-3-2-4-19(22)13-29-30-23(31)14-28-24(32)18-10-11-20(26)21(27)12-18/h2-13H,14-15H2,1H3,(H,28,32)(H,30,31)/b29-13-. The Morgan fingerprint density at radius 1 is 0.943 bits per heavy atom. The molecule has 0 aliphatic carbocycles. The number of amides is 2. The van der Waals surface area contributed by atoms with Crippen LogP contribution in [-0.4, -0.2) is 37.7 Å². The minimum Gasteiger partial charge on any atom is -0.488 e. The Bertz CT molecular complexity index is 1250. The van der Waals surface area contributed by atoms with Gasteiger partial charge in [-0.25, -0.2) is 10.2 Å². The van der Waals surface area contributed by atoms with Crippen molar-refractivity contribution >= 4 is 47.2 Å². The molecule has 2 amide bonds. The molecule has 10 heteroatoms. The van der Waals surface area contributed by atoms with Crippen LogP contribution in [0.2, 0.25) is 10.0 Å². The van der Waals surface area contributed by atoms with Gasteiger partial charge in [0.05, 0.1) is 35.5 Å². The maximum Gasteiger partial charge on any atom is 0.337 e. The van der Waals surface area contributed by atoms with Crippen molar-refractivity contribution in [1.82, 2.24) is 10.7 Å². The zero-order valence-electron chi connectivity index (χ0n) is 18.6. The Morgan fingerprint density at radius 2 is 1.66 bits per heavy atom. The van der Waals surface area contributed by atoms with Crippen molar-refractivity contribution in [3.05, 3.63) is 99.0 Å². The second-order valence-corrected chi connectivity index (χ2v) is 7.93. The third-order valence-corrected chi connectivity index (χ3v) is 5.41. The van der Waals surface area contributed by atoms with E-state index in [4.69, 9.17) is 27.9 Å². The van der Waals surface area contributed by atoms with Crippen molar-refractivity contribution in [2.45, 2.75) is 6.61 Å². The van der Waals surface area contributed by atoms with Crippen LogP contribution in [-0.2, 0) is 16.1 Å². The predicted octanol–water partition coefficient (Wildman–Crippen LogP) is 4.24. The lowest BCUT2D eigenvalue weighted by Crippen LogP contribution is -2.34. The Balaban J connectivity index is 1.51. The fourth-order valence-corrected chi connectivity index (χ4v) is 3.15. The first-order valence-corrected chi connectivity index (χ1v) is 11.1. The van der Waals surface area contributed by atoms with E-state index in [2.05, 4.69) is 20.6 Å². The summed E-state index contributed by atoms with van der Waals surface area (Å²) in [5, 5.41) is 6.98. The molecule has 0 aliphatic rings. The maximum atomic E-state index is 12.1. The van der Waals surface area contributed by atoms with Crippen molar-refractivity contribution in [2.24, 2.45) is 5.10 Å². The molecule has 180 valence electrons. The fourth-order valence-electron chi connectivity index (χ4n) is 2.85. The number of nitrogens with zero attached hydrogens (tertiary/aromatic N) is 1. The molecule has 3 rings (SSSR count). The van der Waals surface area contributed by atoms with Gasteiger partial charge < -0.3 is 14.8 Å². The van der Waals surface area contributed by atoms with Crippen molar-refractivity contribution in [2.75, 3.05) is 13.7 Å². The molecule has 0 aromatic heterocycles. The van der Waals surface area contributed by atoms with E-state index in [1.807, 2.05) is 6.07 Å². The molecule has 0 heterocycles. The molecule has 35 heavy (non-hydrogen) atoms. The number of methoxy groups -OCH3 is 1. The SMILES string of the molecule is COC(=O)c1ccc(COc2ccccc2/C=N\NC(=O)CNC(=O)c2ccc(Cl)c(Cl)c2)cc1. The summed E-state index contributed by atoms with van der Waals surface area (Å²) in [5.74, 6) is -0.842. The second-order valence-electron chi connectivity index (χ2n) is 7.12. The summed E-state index contributed by atoms with van der Waals surface area (Å²) < 4.78 is 10.5. The highest BCUT2D eigenvalue weighted by molar-refractivity contribution is 6.42. The molecule has 0 radical (unpaired) electrons. The van der Waals surface area contributed by atoms with Gasteiger partial charge in [0.1, 0.15) is 12.4 Å². The topological polar surface area (TPSA) is 106 Å². The van der Waals surface area contributed by atoms with Crippen LogP contribution in [0.25, 0.3) is 0 Å². The zero-order chi connectivity index (χ0) is 25.2. The normalized spacial score (nSPS) is 10.6. The number of hydrazone groups is 1. The van der Waals surface area contributed by atoms with E-state index in [-0.39, 0.29) is 23.7 Å². The zero-order valence-corrected chi connectivity index (χ0v) is 20.1. The van der Waals surface area contributed by atoms with Crippen molar-refractivity contribution in [3.8, 4) is 5.75 Å². The average Bonchev–Trinajstić information content (AvgIpc) is 2.88. The summed E-state index contributed by atoms with van der Waals surface area (Å²) in [6, 6.07) is 18.4. The Morgan fingerprint density at radius 3 is 2.37 bits per heavy atom. The first-order valence-electron chi connectivity index (χ1n) is 10.3. The third kappa shape index (κ3) is 7.56. The molecule has 3 aromatic carbocycles. The number of hydrogen-bond acceptors (Lipinski definition) is 6. The van der Waals surface area contributed by atoms with E-state index < -0.39 is 17.8 Å². The molecular weight excluding hydrogens is 493 g/mol. The van der Waals surface area contributed by atoms with Crippen LogP contribution in [0.5, 0.6) is 5.75 Å². The minimum absolute atomic E-state index is 0.243. The van der Waals surface area contributed by atoms with Gasteiger partial charge in [0.15, 0.2) is 0 Å². The highest BCUT2D eigenvalue weighted by Gasteiger charge is 2.10. The van der Waals surface area contributed by atoms with Gasteiger partial charge in [0.25, 0.3) is 11.8 Å². The van der Waals surface area contributed by atoms with Crippen LogP contribution in [0.15, 0.2) is 71.8 Å². The van der Waals surface area contributed by atoms with Crippen LogP contribution >= 0.6 is 23.2 Å². The lowest BCUT2D eigenvalue weighted by molar-refractivity contribution is -0.120. The maximum absolute atomic E-state index is 12.1. The van der Waals surface area contributed by atoms with E-state index in [1.165, 1.54) is 31.5 Å². The Kier molecular flexibility index (Phi) is 9.23. The van der Waals surface area contributed by atoms with E-state index in [0.29, 0.717) is 21.9 Å². The molecule has 0 aliphatic heterocycles. The summed E-state index contributed by atoms with van der Waals surface area (Å²) in [5.41, 5.74) is 4.58. The van der Waals surface area contributed by atoms with Crippen molar-refractivity contribution in [1.29, 1.82) is 0 Å². The molecule has 3 aromatic rings. The molecule has 0 saturated carbocycles. The van der Waals surface area contributed by atoms with Crippen molar-refractivity contribution in [3.63, 3.8) is 0 Å². The van der Waals surface area contributed by atoms with Crippen LogP contribution in [0, 0.1) is 0 Å². The number of carbonyl (C=O) groups is 3. The van der Waals surface area contributed by atoms with Crippen LogP contribution in [0.4, 0.5) is 0 Å². The average molecular weight is 514 g/mol. The second kappa shape index (κ2) is 12.5. The predicted molar refractivity (Wildman–Crippen MR) is 133 cm³/mol. The van der Waals surface area contributed by atoms with E-state index >= 15 is 0 Å². The molecule has 2 N–H and O–H groups in total. The van der Waals surface area contributed by atoms with Gasteiger partial charge in [-0.05, 0) is 48.0 Å². The number of halogens is 2. The fraction of sp³-hybridized carbons (Fsp3) is 0.120. The van der Waals surface area contributed by atoms with E-state index in [9.17, 15) is 14.4 Å².